The molecule has 1 saturated heterocycles. The van der Waals surface area contributed by atoms with Gasteiger partial charge in [0, 0.05) is 44.7 Å². The van der Waals surface area contributed by atoms with E-state index in [2.05, 4.69) is 39.5 Å². The summed E-state index contributed by atoms with van der Waals surface area (Å²) in [6.45, 7) is 2.99. The number of rotatable bonds is 8. The van der Waals surface area contributed by atoms with Crippen LogP contribution in [-0.4, -0.2) is 48.2 Å². The highest BCUT2D eigenvalue weighted by molar-refractivity contribution is 5.78. The lowest BCUT2D eigenvalue weighted by Gasteiger charge is -2.32. The Morgan fingerprint density at radius 1 is 1.17 bits per heavy atom. The van der Waals surface area contributed by atoms with E-state index in [1.807, 2.05) is 6.07 Å². The van der Waals surface area contributed by atoms with Gasteiger partial charge in [0.25, 0.3) is 0 Å². The van der Waals surface area contributed by atoms with E-state index in [0.717, 1.165) is 50.7 Å². The van der Waals surface area contributed by atoms with Crippen LogP contribution in [0.15, 0.2) is 53.5 Å². The van der Waals surface area contributed by atoms with Gasteiger partial charge in [0.1, 0.15) is 11.6 Å². The Morgan fingerprint density at radius 3 is 2.60 bits per heavy atom. The molecule has 3 rings (SSSR count). The summed E-state index contributed by atoms with van der Waals surface area (Å²) in [5.74, 6) is -0.970. The fraction of sp³-hybridized carbons (Fsp3) is 0.435. The van der Waals surface area contributed by atoms with Gasteiger partial charge in [-0.1, -0.05) is 30.3 Å². The van der Waals surface area contributed by atoms with Crippen LogP contribution < -0.4 is 11.1 Å². The van der Waals surface area contributed by atoms with Crippen LogP contribution in [0, 0.1) is 17.6 Å². The standard InChI is InChI=1S/C23H30F2N4O/c24-20-6-7-22(25)19(13-20)12-18(16-30)14-27-23(26)28-21-8-10-29(11-9-21)15-17-4-2-1-3-5-17/h1-7,13,18,21,30H,8-12,14-16H2,(H3,26,27,28). The van der Waals surface area contributed by atoms with Crippen molar-refractivity contribution in [3.63, 3.8) is 0 Å². The van der Waals surface area contributed by atoms with Gasteiger partial charge in [-0.15, -0.1) is 0 Å². The maximum atomic E-state index is 13.8. The molecule has 5 nitrogen and oxygen atoms in total. The first-order valence-electron chi connectivity index (χ1n) is 10.4. The molecule has 30 heavy (non-hydrogen) atoms. The first-order valence-corrected chi connectivity index (χ1v) is 10.4. The van der Waals surface area contributed by atoms with Gasteiger partial charge in [-0.2, -0.15) is 0 Å². The minimum atomic E-state index is -0.494. The third kappa shape index (κ3) is 6.78. The Hall–Kier alpha value is -2.51. The molecule has 0 spiro atoms. The molecule has 2 aromatic carbocycles. The van der Waals surface area contributed by atoms with Crippen LogP contribution in [0.2, 0.25) is 0 Å². The molecule has 1 aliphatic heterocycles. The largest absolute Gasteiger partial charge is 0.396 e. The van der Waals surface area contributed by atoms with Crippen LogP contribution in [0.1, 0.15) is 24.0 Å². The van der Waals surface area contributed by atoms with Gasteiger partial charge < -0.3 is 16.2 Å². The third-order valence-electron chi connectivity index (χ3n) is 5.48. The van der Waals surface area contributed by atoms with Crippen molar-refractivity contribution in [2.75, 3.05) is 26.2 Å². The Kier molecular flexibility index (Phi) is 8.16. The van der Waals surface area contributed by atoms with Crippen molar-refractivity contribution in [3.8, 4) is 0 Å². The van der Waals surface area contributed by atoms with Gasteiger partial charge in [0.15, 0.2) is 5.96 Å². The summed E-state index contributed by atoms with van der Waals surface area (Å²) < 4.78 is 27.2. The number of halogens is 2. The molecular formula is C23H30F2N4O. The molecule has 0 saturated carbocycles. The first-order chi connectivity index (χ1) is 14.5. The number of hydrogen-bond donors (Lipinski definition) is 3. The summed E-state index contributed by atoms with van der Waals surface area (Å²) in [6.07, 6.45) is 2.15. The van der Waals surface area contributed by atoms with Gasteiger partial charge in [-0.05, 0) is 48.6 Å². The Labute approximate surface area is 176 Å². The highest BCUT2D eigenvalue weighted by Crippen LogP contribution is 2.16. The topological polar surface area (TPSA) is 73.9 Å². The average molecular weight is 417 g/mol. The van der Waals surface area contributed by atoms with Crippen molar-refractivity contribution in [1.82, 2.24) is 10.2 Å². The number of aliphatic hydroxyl groups excluding tert-OH is 1. The number of nitrogens with one attached hydrogen (secondary N) is 1. The summed E-state index contributed by atoms with van der Waals surface area (Å²) in [4.78, 5) is 6.74. The highest BCUT2D eigenvalue weighted by Gasteiger charge is 2.20. The summed E-state index contributed by atoms with van der Waals surface area (Å²) in [6, 6.07) is 14.0. The number of guanidine groups is 1. The van der Waals surface area contributed by atoms with Crippen LogP contribution in [0.4, 0.5) is 8.78 Å². The van der Waals surface area contributed by atoms with E-state index in [9.17, 15) is 13.9 Å². The number of aliphatic hydroxyl groups is 1. The van der Waals surface area contributed by atoms with Crippen LogP contribution in [0.25, 0.3) is 0 Å². The molecule has 1 aliphatic rings. The average Bonchev–Trinajstić information content (AvgIpc) is 2.75. The molecule has 0 aromatic heterocycles. The van der Waals surface area contributed by atoms with E-state index in [0.29, 0.717) is 5.96 Å². The Balaban J connectivity index is 1.43. The van der Waals surface area contributed by atoms with Crippen LogP contribution >= 0.6 is 0 Å². The number of benzene rings is 2. The van der Waals surface area contributed by atoms with Gasteiger partial charge in [-0.25, -0.2) is 8.78 Å². The molecule has 162 valence electrons. The van der Waals surface area contributed by atoms with E-state index in [1.54, 1.807) is 0 Å². The van der Waals surface area contributed by atoms with Crippen LogP contribution in [-0.2, 0) is 13.0 Å². The van der Waals surface area contributed by atoms with Crippen molar-refractivity contribution < 1.29 is 13.9 Å². The molecule has 1 fully saturated rings. The van der Waals surface area contributed by atoms with Gasteiger partial charge in [0.2, 0.25) is 0 Å². The lowest BCUT2D eigenvalue weighted by Crippen LogP contribution is -2.47. The lowest BCUT2D eigenvalue weighted by molar-refractivity contribution is 0.198. The summed E-state index contributed by atoms with van der Waals surface area (Å²) >= 11 is 0. The number of aliphatic imine (C=N–C) groups is 1. The molecule has 1 heterocycles. The van der Waals surface area contributed by atoms with Gasteiger partial charge in [-0.3, -0.25) is 9.89 Å². The molecular weight excluding hydrogens is 386 g/mol. The van der Waals surface area contributed by atoms with Crippen LogP contribution in [0.5, 0.6) is 0 Å². The number of piperidine rings is 1. The molecule has 4 N–H and O–H groups in total. The smallest absolute Gasteiger partial charge is 0.188 e. The normalized spacial score (nSPS) is 17.1. The van der Waals surface area contributed by atoms with Crippen LogP contribution in [0.3, 0.4) is 0 Å². The lowest BCUT2D eigenvalue weighted by atomic mass is 9.99. The summed E-state index contributed by atoms with van der Waals surface area (Å²) in [5, 5.41) is 12.8. The minimum Gasteiger partial charge on any atom is -0.396 e. The number of likely N-dealkylation sites (tertiary alicyclic amines) is 1. The molecule has 1 atom stereocenters. The molecule has 7 heteroatoms. The predicted molar refractivity (Wildman–Crippen MR) is 115 cm³/mol. The van der Waals surface area contributed by atoms with Crippen molar-refractivity contribution in [1.29, 1.82) is 0 Å². The third-order valence-corrected chi connectivity index (χ3v) is 5.48. The number of hydrogen-bond acceptors (Lipinski definition) is 3. The maximum absolute atomic E-state index is 13.8. The molecule has 0 aliphatic carbocycles. The molecule has 0 amide bonds. The first kappa shape index (κ1) is 22.2. The van der Waals surface area contributed by atoms with E-state index in [4.69, 9.17) is 5.73 Å². The quantitative estimate of drug-likeness (QED) is 0.457. The number of nitrogens with zero attached hydrogens (tertiary/aromatic N) is 2. The second-order valence-corrected chi connectivity index (χ2v) is 7.89. The summed E-state index contributed by atoms with van der Waals surface area (Å²) in [5.41, 5.74) is 7.57. The fourth-order valence-electron chi connectivity index (χ4n) is 3.76. The van der Waals surface area contributed by atoms with E-state index in [-0.39, 0.29) is 37.1 Å². The van der Waals surface area contributed by atoms with Crippen molar-refractivity contribution >= 4 is 5.96 Å². The zero-order chi connectivity index (χ0) is 21.3. The zero-order valence-electron chi connectivity index (χ0n) is 17.1. The maximum Gasteiger partial charge on any atom is 0.188 e. The summed E-state index contributed by atoms with van der Waals surface area (Å²) in [7, 11) is 0. The number of nitrogens with two attached hydrogens (primary N) is 1. The van der Waals surface area contributed by atoms with Crippen molar-refractivity contribution in [2.45, 2.75) is 31.8 Å². The predicted octanol–water partition coefficient (Wildman–Crippen LogP) is 2.68. The minimum absolute atomic E-state index is 0.176. The van der Waals surface area contributed by atoms with Crippen molar-refractivity contribution in [3.05, 3.63) is 71.3 Å². The molecule has 0 radical (unpaired) electrons. The Morgan fingerprint density at radius 2 is 1.90 bits per heavy atom. The Bertz CT molecular complexity index is 823. The second kappa shape index (κ2) is 11.0. The zero-order valence-corrected chi connectivity index (χ0v) is 17.1. The van der Waals surface area contributed by atoms with E-state index in [1.165, 1.54) is 5.56 Å². The molecule has 1 unspecified atom stereocenters. The van der Waals surface area contributed by atoms with Gasteiger partial charge >= 0.3 is 0 Å². The van der Waals surface area contributed by atoms with Crippen molar-refractivity contribution in [2.24, 2.45) is 16.6 Å². The monoisotopic (exact) mass is 416 g/mol. The second-order valence-electron chi connectivity index (χ2n) is 7.89. The van der Waals surface area contributed by atoms with Gasteiger partial charge in [0.05, 0.1) is 0 Å². The SMILES string of the molecule is NC(=NCC(CO)Cc1cc(F)ccc1F)NC1CCN(Cc2ccccc2)CC1. The highest BCUT2D eigenvalue weighted by atomic mass is 19.1. The fourth-order valence-corrected chi connectivity index (χ4v) is 3.76. The molecule has 2 aromatic rings. The van der Waals surface area contributed by atoms with E-state index < -0.39 is 11.6 Å². The van der Waals surface area contributed by atoms with E-state index >= 15 is 0 Å². The molecule has 0 bridgehead atoms.